The third kappa shape index (κ3) is 12.0. The quantitative estimate of drug-likeness (QED) is 0.226. The molecule has 1 fully saturated rings. The summed E-state index contributed by atoms with van der Waals surface area (Å²) in [6.07, 6.45) is 2.76. The third-order valence-corrected chi connectivity index (χ3v) is 13.7. The standard InChI is InChI=1S/C38H63F2N5O6Si/c1-25(42-32(46)49-35(5,6)7)38(39,40)24-48-23-27-21-28(18-19-41-27)44(33(47)50-36(8,9)10)31-22-30(43-45(31)34(2,3)4)26-16-17-29(20-26)51-52(14,15)37(11,12)13/h18-19,21-22,25-26,29H,16-17,20,23-24H2,1-15H3,(H,42,46)/t25?,26-,29+/m0/s1. The van der Waals surface area contributed by atoms with Crippen LogP contribution in [0.3, 0.4) is 0 Å². The zero-order chi connectivity index (χ0) is 39.7. The predicted octanol–water partition coefficient (Wildman–Crippen LogP) is 9.83. The summed E-state index contributed by atoms with van der Waals surface area (Å²) in [6, 6.07) is 3.67. The van der Waals surface area contributed by atoms with E-state index in [1.165, 1.54) is 18.0 Å². The zero-order valence-electron chi connectivity index (χ0n) is 34.1. The Kier molecular flexibility index (Phi) is 13.1. The molecule has 0 saturated heterocycles. The van der Waals surface area contributed by atoms with Crippen LogP contribution in [-0.2, 0) is 30.8 Å². The van der Waals surface area contributed by atoms with Crippen LogP contribution in [0.25, 0.3) is 0 Å². The molecule has 1 unspecified atom stereocenters. The Balaban J connectivity index is 1.90. The van der Waals surface area contributed by atoms with Crippen LogP contribution in [0.15, 0.2) is 24.4 Å². The minimum absolute atomic E-state index is 0.104. The van der Waals surface area contributed by atoms with Gasteiger partial charge in [0.2, 0.25) is 0 Å². The van der Waals surface area contributed by atoms with Crippen LogP contribution >= 0.6 is 0 Å². The molecule has 52 heavy (non-hydrogen) atoms. The van der Waals surface area contributed by atoms with E-state index in [1.54, 1.807) is 53.7 Å². The Morgan fingerprint density at radius 1 is 0.981 bits per heavy atom. The van der Waals surface area contributed by atoms with Gasteiger partial charge >= 0.3 is 12.2 Å². The molecular formula is C38H63F2N5O6Si. The van der Waals surface area contributed by atoms with Crippen molar-refractivity contribution in [3.8, 4) is 0 Å². The van der Waals surface area contributed by atoms with Crippen molar-refractivity contribution in [3.05, 3.63) is 35.8 Å². The summed E-state index contributed by atoms with van der Waals surface area (Å²) in [5.74, 6) is -2.74. The van der Waals surface area contributed by atoms with Crippen LogP contribution in [-0.4, -0.2) is 71.1 Å². The molecule has 3 atom stereocenters. The van der Waals surface area contributed by atoms with Crippen LogP contribution in [0.1, 0.15) is 127 Å². The van der Waals surface area contributed by atoms with E-state index < -0.39 is 55.8 Å². The van der Waals surface area contributed by atoms with Crippen LogP contribution in [0.4, 0.5) is 29.9 Å². The summed E-state index contributed by atoms with van der Waals surface area (Å²) in [5.41, 5.74) is -0.550. The molecule has 2 aromatic heterocycles. The molecule has 1 saturated carbocycles. The lowest BCUT2D eigenvalue weighted by Gasteiger charge is -2.38. The maximum absolute atomic E-state index is 14.9. The number of aromatic nitrogens is 3. The summed E-state index contributed by atoms with van der Waals surface area (Å²) >= 11 is 0. The number of alkyl carbamates (subject to hydrolysis) is 1. The van der Waals surface area contributed by atoms with E-state index in [0.29, 0.717) is 17.2 Å². The van der Waals surface area contributed by atoms with Gasteiger partial charge in [0.1, 0.15) is 23.6 Å². The molecule has 0 radical (unpaired) electrons. The van der Waals surface area contributed by atoms with E-state index in [9.17, 15) is 18.4 Å². The number of hydrogen-bond acceptors (Lipinski definition) is 8. The first kappa shape index (κ1) is 43.3. The number of carbonyl (C=O) groups is 2. The van der Waals surface area contributed by atoms with Crippen LogP contribution in [0, 0.1) is 0 Å². The first-order valence-electron chi connectivity index (χ1n) is 18.2. The number of halogens is 2. The molecule has 294 valence electrons. The fraction of sp³-hybridized carbons (Fsp3) is 0.737. The van der Waals surface area contributed by atoms with E-state index in [1.807, 2.05) is 31.5 Å². The Hall–Kier alpha value is -3.10. The van der Waals surface area contributed by atoms with Crippen molar-refractivity contribution >= 4 is 32.0 Å². The van der Waals surface area contributed by atoms with Gasteiger partial charge in [-0.3, -0.25) is 4.98 Å². The number of hydrogen-bond donors (Lipinski definition) is 1. The number of alkyl halides is 2. The van der Waals surface area contributed by atoms with E-state index in [2.05, 4.69) is 44.2 Å². The fourth-order valence-electron chi connectivity index (χ4n) is 5.48. The molecule has 1 aliphatic carbocycles. The Morgan fingerprint density at radius 3 is 2.15 bits per heavy atom. The molecule has 0 spiro atoms. The topological polar surface area (TPSA) is 117 Å². The summed E-state index contributed by atoms with van der Waals surface area (Å²) in [5, 5.41) is 7.37. The summed E-state index contributed by atoms with van der Waals surface area (Å²) < 4.78 is 54.9. The number of rotatable bonds is 11. The monoisotopic (exact) mass is 751 g/mol. The second-order valence-electron chi connectivity index (χ2n) is 18.5. The SMILES string of the molecule is CC(NC(=O)OC(C)(C)C)C(F)(F)COCc1cc(N(C(=O)OC(C)(C)C)c2cc([C@H]3CC[C@@H](O[Si](C)(C)C(C)(C)C)C3)nn2C(C)(C)C)ccn1. The summed E-state index contributed by atoms with van der Waals surface area (Å²) in [4.78, 5) is 31.9. The van der Waals surface area contributed by atoms with Gasteiger partial charge in [-0.25, -0.2) is 28.0 Å². The molecule has 0 bridgehead atoms. The molecule has 1 aliphatic rings. The first-order valence-corrected chi connectivity index (χ1v) is 21.1. The van der Waals surface area contributed by atoms with Crippen molar-refractivity contribution in [3.63, 3.8) is 0 Å². The number of amides is 2. The van der Waals surface area contributed by atoms with Gasteiger partial charge in [-0.15, -0.1) is 0 Å². The molecule has 2 heterocycles. The van der Waals surface area contributed by atoms with Crippen molar-refractivity contribution in [2.45, 2.75) is 175 Å². The predicted molar refractivity (Wildman–Crippen MR) is 202 cm³/mol. The van der Waals surface area contributed by atoms with Crippen molar-refractivity contribution in [2.24, 2.45) is 0 Å². The average molecular weight is 752 g/mol. The number of anilines is 2. The number of nitrogens with one attached hydrogen (secondary N) is 1. The van der Waals surface area contributed by atoms with Crippen molar-refractivity contribution < 1.29 is 37.0 Å². The lowest BCUT2D eigenvalue weighted by molar-refractivity contribution is -0.102. The fourth-order valence-corrected chi connectivity index (χ4v) is 6.88. The second kappa shape index (κ2) is 15.7. The van der Waals surface area contributed by atoms with Crippen molar-refractivity contribution in [1.29, 1.82) is 0 Å². The highest BCUT2D eigenvalue weighted by atomic mass is 28.4. The van der Waals surface area contributed by atoms with Gasteiger partial charge in [-0.1, -0.05) is 20.8 Å². The molecule has 14 heteroatoms. The van der Waals surface area contributed by atoms with Gasteiger partial charge in [0, 0.05) is 24.3 Å². The summed E-state index contributed by atoms with van der Waals surface area (Å²) in [6.45, 7) is 27.6. The molecule has 11 nitrogen and oxygen atoms in total. The number of pyridine rings is 1. The maximum Gasteiger partial charge on any atom is 0.420 e. The average Bonchev–Trinajstić information content (AvgIpc) is 3.58. The smallest absolute Gasteiger partial charge is 0.420 e. The lowest BCUT2D eigenvalue weighted by atomic mass is 10.0. The van der Waals surface area contributed by atoms with E-state index in [0.717, 1.165) is 25.0 Å². The van der Waals surface area contributed by atoms with Crippen LogP contribution in [0.5, 0.6) is 0 Å². The molecule has 2 aromatic rings. The van der Waals surface area contributed by atoms with E-state index in [-0.39, 0.29) is 23.7 Å². The minimum atomic E-state index is -3.40. The van der Waals surface area contributed by atoms with Crippen molar-refractivity contribution in [2.75, 3.05) is 11.5 Å². The highest BCUT2D eigenvalue weighted by Gasteiger charge is 2.42. The van der Waals surface area contributed by atoms with Gasteiger partial charge in [0.05, 0.1) is 35.3 Å². The number of carbonyl (C=O) groups excluding carboxylic acids is 2. The maximum atomic E-state index is 14.9. The van der Waals surface area contributed by atoms with Gasteiger partial charge < -0.3 is 24.0 Å². The normalized spacial score (nSPS) is 18.2. The Morgan fingerprint density at radius 2 is 1.60 bits per heavy atom. The number of ether oxygens (including phenoxy) is 3. The molecule has 0 aliphatic heterocycles. The Bertz CT molecular complexity index is 1540. The van der Waals surface area contributed by atoms with Gasteiger partial charge in [0.25, 0.3) is 5.92 Å². The Labute approximate surface area is 310 Å². The van der Waals surface area contributed by atoms with Crippen molar-refractivity contribution in [1.82, 2.24) is 20.1 Å². The van der Waals surface area contributed by atoms with Crippen LogP contribution in [0.2, 0.25) is 18.1 Å². The third-order valence-electron chi connectivity index (χ3n) is 9.19. The zero-order valence-corrected chi connectivity index (χ0v) is 35.1. The van der Waals surface area contributed by atoms with E-state index in [4.69, 9.17) is 23.7 Å². The molecule has 0 aromatic carbocycles. The minimum Gasteiger partial charge on any atom is -0.444 e. The largest absolute Gasteiger partial charge is 0.444 e. The number of nitrogens with zero attached hydrogens (tertiary/aromatic N) is 4. The molecule has 3 rings (SSSR count). The highest BCUT2D eigenvalue weighted by molar-refractivity contribution is 6.74. The molecule has 2 amide bonds. The molecule has 1 N–H and O–H groups in total. The van der Waals surface area contributed by atoms with Gasteiger partial charge in [0.15, 0.2) is 8.32 Å². The molecular weight excluding hydrogens is 689 g/mol. The van der Waals surface area contributed by atoms with E-state index >= 15 is 0 Å². The summed E-state index contributed by atoms with van der Waals surface area (Å²) in [7, 11) is -1.96. The lowest BCUT2D eigenvalue weighted by Crippen LogP contribution is -2.49. The van der Waals surface area contributed by atoms with Gasteiger partial charge in [-0.05, 0) is 119 Å². The first-order chi connectivity index (χ1) is 23.5. The second-order valence-corrected chi connectivity index (χ2v) is 23.2. The van der Waals surface area contributed by atoms with Crippen LogP contribution < -0.4 is 10.2 Å². The van der Waals surface area contributed by atoms with Gasteiger partial charge in [-0.2, -0.15) is 5.10 Å². The highest BCUT2D eigenvalue weighted by Crippen LogP contribution is 2.44.